The zero-order valence-electron chi connectivity index (χ0n) is 14.7. The summed E-state index contributed by atoms with van der Waals surface area (Å²) >= 11 is 2.14. The summed E-state index contributed by atoms with van der Waals surface area (Å²) < 4.78 is 33.1. The van der Waals surface area contributed by atoms with Crippen molar-refractivity contribution in [3.8, 4) is 0 Å². The van der Waals surface area contributed by atoms with E-state index in [0.717, 1.165) is 9.13 Å². The van der Waals surface area contributed by atoms with Gasteiger partial charge in [-0.05, 0) is 65.3 Å². The lowest BCUT2D eigenvalue weighted by molar-refractivity contribution is 0.131. The van der Waals surface area contributed by atoms with Crippen molar-refractivity contribution in [3.63, 3.8) is 0 Å². The molecular formula is C19H21IN2O4S. The predicted molar refractivity (Wildman–Crippen MR) is 111 cm³/mol. The van der Waals surface area contributed by atoms with E-state index in [0.29, 0.717) is 30.8 Å². The summed E-state index contributed by atoms with van der Waals surface area (Å²) in [6, 6.07) is 16.2. The molecule has 0 bridgehead atoms. The molecule has 0 aliphatic carbocycles. The number of ether oxygens (including phenoxy) is 1. The summed E-state index contributed by atoms with van der Waals surface area (Å²) in [5.41, 5.74) is 0.922. The van der Waals surface area contributed by atoms with Gasteiger partial charge < -0.3 is 10.1 Å². The third-order valence-corrected chi connectivity index (χ3v) is 7.07. The number of sulfonamides is 1. The van der Waals surface area contributed by atoms with Crippen LogP contribution in [-0.2, 0) is 21.4 Å². The maximum Gasteiger partial charge on any atom is 0.407 e. The van der Waals surface area contributed by atoms with Gasteiger partial charge in [0.1, 0.15) is 6.61 Å². The first kappa shape index (κ1) is 20.1. The van der Waals surface area contributed by atoms with E-state index in [-0.39, 0.29) is 12.6 Å². The smallest absolute Gasteiger partial charge is 0.407 e. The molecule has 6 nitrogen and oxygen atoms in total. The van der Waals surface area contributed by atoms with Gasteiger partial charge in [-0.3, -0.25) is 0 Å². The van der Waals surface area contributed by atoms with Crippen LogP contribution in [0.3, 0.4) is 0 Å². The van der Waals surface area contributed by atoms with E-state index in [4.69, 9.17) is 4.74 Å². The van der Waals surface area contributed by atoms with Gasteiger partial charge >= 0.3 is 6.09 Å². The maximum atomic E-state index is 12.7. The Morgan fingerprint density at radius 1 is 1.07 bits per heavy atom. The Kier molecular flexibility index (Phi) is 6.72. The quantitative estimate of drug-likeness (QED) is 0.639. The van der Waals surface area contributed by atoms with E-state index < -0.39 is 16.1 Å². The molecule has 2 aromatic rings. The second-order valence-electron chi connectivity index (χ2n) is 6.34. The van der Waals surface area contributed by atoms with Crippen molar-refractivity contribution >= 4 is 38.7 Å². The Morgan fingerprint density at radius 2 is 1.70 bits per heavy atom. The van der Waals surface area contributed by atoms with Crippen LogP contribution < -0.4 is 5.32 Å². The molecule has 1 aliphatic rings. The zero-order valence-corrected chi connectivity index (χ0v) is 17.6. The number of amides is 1. The number of nitrogens with one attached hydrogen (secondary N) is 1. The summed E-state index contributed by atoms with van der Waals surface area (Å²) in [7, 11) is -3.49. The standard InChI is InChI=1S/C19H21IN2O4S/c20-16-6-8-18(9-7-16)27(24,25)22-12-10-17(11-13-22)21-19(23)26-14-15-4-2-1-3-5-15/h1-9,17H,10-14H2,(H,21,23). The molecule has 27 heavy (non-hydrogen) atoms. The zero-order chi connectivity index (χ0) is 19.3. The number of carbonyl (C=O) groups is 1. The number of hydrogen-bond acceptors (Lipinski definition) is 4. The highest BCUT2D eigenvalue weighted by atomic mass is 127. The second kappa shape index (κ2) is 9.03. The van der Waals surface area contributed by atoms with Crippen LogP contribution in [-0.4, -0.2) is 37.9 Å². The normalized spacial score (nSPS) is 16.0. The van der Waals surface area contributed by atoms with Gasteiger partial charge in [0.25, 0.3) is 0 Å². The molecule has 0 spiro atoms. The first-order chi connectivity index (χ1) is 12.9. The van der Waals surface area contributed by atoms with Crippen LogP contribution in [0.2, 0.25) is 0 Å². The molecule has 144 valence electrons. The van der Waals surface area contributed by atoms with E-state index in [9.17, 15) is 13.2 Å². The van der Waals surface area contributed by atoms with Gasteiger partial charge in [0.15, 0.2) is 0 Å². The molecule has 1 fully saturated rings. The van der Waals surface area contributed by atoms with E-state index in [1.165, 1.54) is 4.31 Å². The highest BCUT2D eigenvalue weighted by Gasteiger charge is 2.30. The average Bonchev–Trinajstić information content (AvgIpc) is 2.68. The third kappa shape index (κ3) is 5.43. The van der Waals surface area contributed by atoms with Gasteiger partial charge in [-0.2, -0.15) is 4.31 Å². The number of alkyl carbamates (subject to hydrolysis) is 1. The molecule has 3 rings (SSSR count). The van der Waals surface area contributed by atoms with E-state index >= 15 is 0 Å². The van der Waals surface area contributed by atoms with Crippen molar-refractivity contribution in [1.29, 1.82) is 0 Å². The Balaban J connectivity index is 1.48. The van der Waals surface area contributed by atoms with Crippen LogP contribution >= 0.6 is 22.6 Å². The Bertz CT molecular complexity index is 864. The molecule has 1 aliphatic heterocycles. The fourth-order valence-electron chi connectivity index (χ4n) is 2.93. The van der Waals surface area contributed by atoms with Crippen LogP contribution in [0.1, 0.15) is 18.4 Å². The van der Waals surface area contributed by atoms with Gasteiger partial charge in [-0.15, -0.1) is 0 Å². The molecule has 1 saturated heterocycles. The van der Waals surface area contributed by atoms with Crippen molar-refractivity contribution < 1.29 is 17.9 Å². The van der Waals surface area contributed by atoms with Gasteiger partial charge in [-0.1, -0.05) is 30.3 Å². The summed E-state index contributed by atoms with van der Waals surface area (Å²) in [5.74, 6) is 0. The number of hydrogen-bond donors (Lipinski definition) is 1. The molecule has 1 heterocycles. The van der Waals surface area contributed by atoms with Crippen molar-refractivity contribution in [2.75, 3.05) is 13.1 Å². The number of benzene rings is 2. The number of nitrogens with zero attached hydrogens (tertiary/aromatic N) is 1. The summed E-state index contributed by atoms with van der Waals surface area (Å²) in [6.07, 6.45) is 0.645. The number of halogens is 1. The monoisotopic (exact) mass is 500 g/mol. The molecule has 0 saturated carbocycles. The third-order valence-electron chi connectivity index (χ3n) is 4.44. The van der Waals surface area contributed by atoms with Gasteiger partial charge in [0, 0.05) is 22.7 Å². The van der Waals surface area contributed by atoms with E-state index in [1.807, 2.05) is 30.3 Å². The molecule has 2 aromatic carbocycles. The summed E-state index contributed by atoms with van der Waals surface area (Å²) in [5, 5.41) is 2.82. The predicted octanol–water partition coefficient (Wildman–Crippen LogP) is 3.37. The lowest BCUT2D eigenvalue weighted by Crippen LogP contribution is -2.46. The minimum atomic E-state index is -3.49. The molecule has 0 atom stereocenters. The van der Waals surface area contributed by atoms with Crippen molar-refractivity contribution in [1.82, 2.24) is 9.62 Å². The molecule has 0 unspecified atom stereocenters. The van der Waals surface area contributed by atoms with Crippen molar-refractivity contribution in [3.05, 3.63) is 63.7 Å². The first-order valence-corrected chi connectivity index (χ1v) is 11.2. The summed E-state index contributed by atoms with van der Waals surface area (Å²) in [6.45, 7) is 0.961. The minimum absolute atomic E-state index is 0.0866. The second-order valence-corrected chi connectivity index (χ2v) is 9.52. The lowest BCUT2D eigenvalue weighted by atomic mass is 10.1. The van der Waals surface area contributed by atoms with Crippen LogP contribution in [0.4, 0.5) is 4.79 Å². The topological polar surface area (TPSA) is 75.7 Å². The molecular weight excluding hydrogens is 479 g/mol. The summed E-state index contributed by atoms with van der Waals surface area (Å²) in [4.78, 5) is 12.3. The van der Waals surface area contributed by atoms with E-state index in [1.54, 1.807) is 24.3 Å². The van der Waals surface area contributed by atoms with Crippen LogP contribution in [0.25, 0.3) is 0 Å². The fraction of sp³-hybridized carbons (Fsp3) is 0.316. The Hall–Kier alpha value is -1.65. The van der Waals surface area contributed by atoms with Crippen molar-refractivity contribution in [2.24, 2.45) is 0 Å². The number of piperidine rings is 1. The van der Waals surface area contributed by atoms with Crippen molar-refractivity contribution in [2.45, 2.75) is 30.4 Å². The number of carbonyl (C=O) groups excluding carboxylic acids is 1. The largest absolute Gasteiger partial charge is 0.445 e. The molecule has 0 radical (unpaired) electrons. The highest BCUT2D eigenvalue weighted by molar-refractivity contribution is 14.1. The van der Waals surface area contributed by atoms with Gasteiger partial charge in [-0.25, -0.2) is 13.2 Å². The Morgan fingerprint density at radius 3 is 2.33 bits per heavy atom. The van der Waals surface area contributed by atoms with E-state index in [2.05, 4.69) is 27.9 Å². The molecule has 1 amide bonds. The van der Waals surface area contributed by atoms with Gasteiger partial charge in [0.2, 0.25) is 10.0 Å². The maximum absolute atomic E-state index is 12.7. The van der Waals surface area contributed by atoms with Crippen LogP contribution in [0.5, 0.6) is 0 Å². The minimum Gasteiger partial charge on any atom is -0.445 e. The van der Waals surface area contributed by atoms with Gasteiger partial charge in [0.05, 0.1) is 4.90 Å². The SMILES string of the molecule is O=C(NC1CCN(S(=O)(=O)c2ccc(I)cc2)CC1)OCc1ccccc1. The average molecular weight is 500 g/mol. The molecule has 0 aromatic heterocycles. The fourth-order valence-corrected chi connectivity index (χ4v) is 4.76. The first-order valence-electron chi connectivity index (χ1n) is 8.68. The highest BCUT2D eigenvalue weighted by Crippen LogP contribution is 2.21. The van der Waals surface area contributed by atoms with Crippen LogP contribution in [0.15, 0.2) is 59.5 Å². The molecule has 1 N–H and O–H groups in total. The molecule has 8 heteroatoms. The Labute approximate surface area is 173 Å². The van der Waals surface area contributed by atoms with Crippen LogP contribution in [0, 0.1) is 3.57 Å². The number of rotatable bonds is 5. The lowest BCUT2D eigenvalue weighted by Gasteiger charge is -2.31.